The lowest BCUT2D eigenvalue weighted by Crippen LogP contribution is -1.99. The highest BCUT2D eigenvalue weighted by atomic mass is 16.5. The fourth-order valence-electron chi connectivity index (χ4n) is 0.627. The third kappa shape index (κ3) is 5.65. The number of hydrogen-bond donors (Lipinski definition) is 0. The molecule has 0 aliphatic heterocycles. The lowest BCUT2D eigenvalue weighted by Gasteiger charge is -2.07. The van der Waals surface area contributed by atoms with Crippen LogP contribution in [0.25, 0.3) is 0 Å². The summed E-state index contributed by atoms with van der Waals surface area (Å²) in [6.07, 6.45) is 1.83. The number of hydrogen-bond acceptors (Lipinski definition) is 2. The summed E-state index contributed by atoms with van der Waals surface area (Å²) in [5.74, 6) is 1.43. The number of allylic oxidation sites excluding steroid dienone is 1. The molecule has 0 atom stereocenters. The molecule has 0 saturated heterocycles. The van der Waals surface area contributed by atoms with Crippen molar-refractivity contribution in [3.8, 4) is 0 Å². The summed E-state index contributed by atoms with van der Waals surface area (Å²) < 4.78 is 5.34. The Kier molecular flexibility index (Phi) is 5.00. The number of nitrogens with zero attached hydrogens (tertiary/aromatic N) is 2. The van der Waals surface area contributed by atoms with Crippen LogP contribution in [0.1, 0.15) is 27.7 Å². The molecule has 0 unspecified atom stereocenters. The van der Waals surface area contributed by atoms with Gasteiger partial charge in [-0.2, -0.15) is 0 Å². The highest BCUT2D eigenvalue weighted by molar-refractivity contribution is 5.84. The van der Waals surface area contributed by atoms with Gasteiger partial charge in [-0.1, -0.05) is 0 Å². The monoisotopic (exact) mass is 168 g/mol. The summed E-state index contributed by atoms with van der Waals surface area (Å²) in [7, 11) is 0. The molecule has 0 aromatic heterocycles. The zero-order valence-corrected chi connectivity index (χ0v) is 8.16. The molecule has 0 saturated carbocycles. The minimum atomic E-state index is 0.188. The van der Waals surface area contributed by atoms with Gasteiger partial charge in [-0.15, -0.1) is 0 Å². The van der Waals surface area contributed by atoms with Crippen LogP contribution >= 0.6 is 0 Å². The van der Waals surface area contributed by atoms with Gasteiger partial charge in [0.2, 0.25) is 0 Å². The maximum Gasteiger partial charge on any atom is 0.124 e. The van der Waals surface area contributed by atoms with E-state index in [-0.39, 0.29) is 6.10 Å². The van der Waals surface area contributed by atoms with E-state index in [0.29, 0.717) is 5.84 Å². The molecule has 12 heavy (non-hydrogen) atoms. The van der Waals surface area contributed by atoms with Crippen LogP contribution in [0.15, 0.2) is 21.9 Å². The van der Waals surface area contributed by atoms with Crippen LogP contribution in [0, 0.1) is 0 Å². The second-order valence-electron chi connectivity index (χ2n) is 2.74. The van der Waals surface area contributed by atoms with Gasteiger partial charge in [0, 0.05) is 0 Å². The molecule has 0 spiro atoms. The van der Waals surface area contributed by atoms with Gasteiger partial charge in [0.25, 0.3) is 0 Å². The smallest absolute Gasteiger partial charge is 0.124 e. The summed E-state index contributed by atoms with van der Waals surface area (Å²) in [6, 6.07) is 0. The van der Waals surface area contributed by atoms with Gasteiger partial charge in [0.05, 0.1) is 12.3 Å². The largest absolute Gasteiger partial charge is 0.494 e. The first kappa shape index (κ1) is 10.9. The Bertz CT molecular complexity index is 205. The molecule has 0 amide bonds. The Hall–Kier alpha value is -1.12. The first-order valence-corrected chi connectivity index (χ1v) is 3.90. The molecule has 3 nitrogen and oxygen atoms in total. The van der Waals surface area contributed by atoms with Crippen LogP contribution in [0.4, 0.5) is 0 Å². The Morgan fingerprint density at radius 3 is 2.42 bits per heavy atom. The topological polar surface area (TPSA) is 34.0 Å². The summed E-state index contributed by atoms with van der Waals surface area (Å²) in [5, 5.41) is 0. The van der Waals surface area contributed by atoms with Crippen LogP contribution in [-0.2, 0) is 4.74 Å². The van der Waals surface area contributed by atoms with Gasteiger partial charge >= 0.3 is 0 Å². The zero-order valence-electron chi connectivity index (χ0n) is 8.16. The molecule has 0 bridgehead atoms. The first-order chi connectivity index (χ1) is 5.56. The molecule has 0 aliphatic carbocycles. The summed E-state index contributed by atoms with van der Waals surface area (Å²) in [6.45, 7) is 10.9. The highest BCUT2D eigenvalue weighted by Gasteiger charge is 1.92. The van der Waals surface area contributed by atoms with Gasteiger partial charge in [-0.05, 0) is 34.4 Å². The molecular weight excluding hydrogens is 152 g/mol. The van der Waals surface area contributed by atoms with Crippen molar-refractivity contribution in [2.75, 3.05) is 0 Å². The predicted octanol–water partition coefficient (Wildman–Crippen LogP) is 2.39. The van der Waals surface area contributed by atoms with E-state index in [0.717, 1.165) is 5.76 Å². The van der Waals surface area contributed by atoms with E-state index < -0.39 is 0 Å². The second-order valence-corrected chi connectivity index (χ2v) is 2.74. The van der Waals surface area contributed by atoms with Gasteiger partial charge in [-0.3, -0.25) is 0 Å². The number of rotatable bonds is 3. The standard InChI is InChI=1S/C9H16N2O/c1-7(2)12-8(3)6-11-9(4)10-5/h6-7H,5H2,1-4H3/b8-6+,11-9-. The van der Waals surface area contributed by atoms with E-state index in [2.05, 4.69) is 16.7 Å². The highest BCUT2D eigenvalue weighted by Crippen LogP contribution is 2.00. The van der Waals surface area contributed by atoms with Crippen molar-refractivity contribution in [3.05, 3.63) is 12.0 Å². The maximum absolute atomic E-state index is 5.34. The Morgan fingerprint density at radius 2 is 2.00 bits per heavy atom. The van der Waals surface area contributed by atoms with Crippen molar-refractivity contribution >= 4 is 12.6 Å². The quantitative estimate of drug-likeness (QED) is 0.362. The van der Waals surface area contributed by atoms with E-state index in [4.69, 9.17) is 4.74 Å². The minimum absolute atomic E-state index is 0.188. The van der Waals surface area contributed by atoms with E-state index in [1.54, 1.807) is 13.1 Å². The number of amidine groups is 1. The molecule has 0 fully saturated rings. The normalized spacial score (nSPS) is 13.4. The third-order valence-corrected chi connectivity index (χ3v) is 1.08. The SMILES string of the molecule is C=N/C(C)=N\C=C(/C)OC(C)C. The zero-order chi connectivity index (χ0) is 9.56. The van der Waals surface area contributed by atoms with E-state index in [1.165, 1.54) is 0 Å². The van der Waals surface area contributed by atoms with Crippen LogP contribution in [0.3, 0.4) is 0 Å². The fourth-order valence-corrected chi connectivity index (χ4v) is 0.627. The van der Waals surface area contributed by atoms with Crippen molar-refractivity contribution in [1.29, 1.82) is 0 Å². The predicted molar refractivity (Wildman–Crippen MR) is 52.6 cm³/mol. The van der Waals surface area contributed by atoms with Crippen LogP contribution in [0.5, 0.6) is 0 Å². The van der Waals surface area contributed by atoms with Crippen molar-refractivity contribution < 1.29 is 4.74 Å². The average molecular weight is 168 g/mol. The fraction of sp³-hybridized carbons (Fsp3) is 0.556. The van der Waals surface area contributed by atoms with Gasteiger partial charge in [-0.25, -0.2) is 9.98 Å². The Balaban J connectivity index is 4.08. The van der Waals surface area contributed by atoms with Crippen LogP contribution in [0.2, 0.25) is 0 Å². The minimum Gasteiger partial charge on any atom is -0.494 e. The molecule has 0 aromatic rings. The molecule has 0 aromatic carbocycles. The molecule has 0 radical (unpaired) electrons. The van der Waals surface area contributed by atoms with Crippen molar-refractivity contribution in [2.24, 2.45) is 9.98 Å². The molecule has 0 N–H and O–H groups in total. The Morgan fingerprint density at radius 1 is 1.42 bits per heavy atom. The van der Waals surface area contributed by atoms with Gasteiger partial charge in [0.15, 0.2) is 0 Å². The molecule has 3 heteroatoms. The molecule has 0 aliphatic rings. The summed E-state index contributed by atoms with van der Waals surface area (Å²) in [4.78, 5) is 7.64. The Labute approximate surface area is 73.9 Å². The lowest BCUT2D eigenvalue weighted by atomic mass is 10.5. The van der Waals surface area contributed by atoms with Crippen LogP contribution < -0.4 is 0 Å². The van der Waals surface area contributed by atoms with Crippen molar-refractivity contribution in [3.63, 3.8) is 0 Å². The second kappa shape index (κ2) is 5.52. The van der Waals surface area contributed by atoms with Gasteiger partial charge < -0.3 is 4.74 Å². The molecular formula is C9H16N2O. The van der Waals surface area contributed by atoms with E-state index in [1.807, 2.05) is 20.8 Å². The molecule has 68 valence electrons. The molecule has 0 heterocycles. The van der Waals surface area contributed by atoms with Crippen molar-refractivity contribution in [1.82, 2.24) is 0 Å². The van der Waals surface area contributed by atoms with E-state index in [9.17, 15) is 0 Å². The van der Waals surface area contributed by atoms with Crippen LogP contribution in [-0.4, -0.2) is 18.7 Å². The summed E-state index contributed by atoms with van der Waals surface area (Å²) in [5.41, 5.74) is 0. The first-order valence-electron chi connectivity index (χ1n) is 3.90. The molecule has 0 rings (SSSR count). The third-order valence-electron chi connectivity index (χ3n) is 1.08. The maximum atomic E-state index is 5.34. The lowest BCUT2D eigenvalue weighted by molar-refractivity contribution is 0.148. The number of ether oxygens (including phenoxy) is 1. The average Bonchev–Trinajstić information content (AvgIpc) is 1.99. The van der Waals surface area contributed by atoms with Crippen molar-refractivity contribution in [2.45, 2.75) is 33.8 Å². The van der Waals surface area contributed by atoms with Gasteiger partial charge in [0.1, 0.15) is 11.6 Å². The summed E-state index contributed by atoms with van der Waals surface area (Å²) >= 11 is 0. The number of aliphatic imine (C=N–C) groups is 2. The van der Waals surface area contributed by atoms with E-state index >= 15 is 0 Å².